The molecule has 0 spiro atoms. The summed E-state index contributed by atoms with van der Waals surface area (Å²) in [5.41, 5.74) is 4.89. The van der Waals surface area contributed by atoms with Crippen LogP contribution in [0, 0.1) is 22.7 Å². The molecule has 41 heavy (non-hydrogen) atoms. The first kappa shape index (κ1) is 29.0. The van der Waals surface area contributed by atoms with E-state index in [2.05, 4.69) is 51.7 Å². The van der Waals surface area contributed by atoms with E-state index in [1.54, 1.807) is 6.07 Å². The van der Waals surface area contributed by atoms with Gasteiger partial charge in [-0.2, -0.15) is 10.5 Å². The molecule has 1 unspecified atom stereocenters. The van der Waals surface area contributed by atoms with Gasteiger partial charge in [-0.15, -0.1) is 0 Å². The lowest BCUT2D eigenvalue weighted by Gasteiger charge is -2.30. The van der Waals surface area contributed by atoms with Gasteiger partial charge in [-0.05, 0) is 62.4 Å². The minimum atomic E-state index is -0.346. The van der Waals surface area contributed by atoms with E-state index in [-0.39, 0.29) is 31.3 Å². The van der Waals surface area contributed by atoms with Crippen LogP contribution in [0.25, 0.3) is 0 Å². The number of likely N-dealkylation sites (N-methyl/N-ethyl adjacent to an activating group) is 1. The number of fused-ring (bicyclic) bond motifs is 2. The van der Waals surface area contributed by atoms with Gasteiger partial charge in [0.25, 0.3) is 0 Å². The van der Waals surface area contributed by atoms with Crippen LogP contribution < -0.4 is 19.6 Å². The quantitative estimate of drug-likeness (QED) is 0.395. The van der Waals surface area contributed by atoms with Crippen molar-refractivity contribution in [2.45, 2.75) is 33.9 Å². The summed E-state index contributed by atoms with van der Waals surface area (Å²) in [6.45, 7) is 9.65. The van der Waals surface area contributed by atoms with Gasteiger partial charge < -0.3 is 29.1 Å². The molecule has 0 N–H and O–H groups in total. The molecular formula is C31H34N6O4. The van der Waals surface area contributed by atoms with Crippen LogP contribution >= 0.6 is 0 Å². The van der Waals surface area contributed by atoms with Gasteiger partial charge in [0.1, 0.15) is 25.2 Å². The second-order valence-corrected chi connectivity index (χ2v) is 9.51. The van der Waals surface area contributed by atoms with Crippen LogP contribution in [0.2, 0.25) is 0 Å². The Morgan fingerprint density at radius 3 is 2.00 bits per heavy atom. The molecule has 0 radical (unpaired) electrons. The molecule has 0 aromatic heterocycles. The second-order valence-electron chi connectivity index (χ2n) is 9.51. The van der Waals surface area contributed by atoms with Crippen LogP contribution in [0.15, 0.2) is 60.4 Å². The molecule has 1 atom stereocenters. The Hall–Kier alpha value is -4.96. The van der Waals surface area contributed by atoms with Gasteiger partial charge in [0.15, 0.2) is 0 Å². The zero-order valence-electron chi connectivity index (χ0n) is 23.8. The minimum absolute atomic E-state index is 0.171. The van der Waals surface area contributed by atoms with E-state index in [0.717, 1.165) is 35.1 Å². The number of nitriles is 2. The summed E-state index contributed by atoms with van der Waals surface area (Å²) >= 11 is 0. The van der Waals surface area contributed by atoms with Gasteiger partial charge >= 0.3 is 11.9 Å². The number of hydrogen-bond donors (Lipinski definition) is 0. The maximum Gasteiger partial charge on any atom is 0.302 e. The van der Waals surface area contributed by atoms with E-state index in [0.29, 0.717) is 30.8 Å². The SMILES string of the molecule is CCN1C(=CC=CC2N(CC)c3ccc(C#N)cc3N2CCOC(C)=O)N(CCOC(C)=O)c2cc(C#N)ccc21. The number of carbonyl (C=O) groups excluding carboxylic acids is 2. The molecule has 212 valence electrons. The summed E-state index contributed by atoms with van der Waals surface area (Å²) in [6.07, 6.45) is 5.93. The smallest absolute Gasteiger partial charge is 0.302 e. The molecule has 0 fully saturated rings. The van der Waals surface area contributed by atoms with Crippen LogP contribution in [0.4, 0.5) is 22.7 Å². The fourth-order valence-corrected chi connectivity index (χ4v) is 5.32. The van der Waals surface area contributed by atoms with Gasteiger partial charge in [0.2, 0.25) is 0 Å². The molecule has 2 aromatic carbocycles. The van der Waals surface area contributed by atoms with Crippen molar-refractivity contribution in [2.75, 3.05) is 59.0 Å². The number of nitrogens with zero attached hydrogens (tertiary/aromatic N) is 6. The van der Waals surface area contributed by atoms with E-state index in [4.69, 9.17) is 9.47 Å². The number of carbonyl (C=O) groups is 2. The average Bonchev–Trinajstić information content (AvgIpc) is 3.42. The zero-order valence-corrected chi connectivity index (χ0v) is 23.8. The summed E-state index contributed by atoms with van der Waals surface area (Å²) in [6, 6.07) is 15.7. The summed E-state index contributed by atoms with van der Waals surface area (Å²) in [7, 11) is 0. The highest BCUT2D eigenvalue weighted by Gasteiger charge is 2.34. The number of ether oxygens (including phenoxy) is 2. The number of esters is 2. The third-order valence-corrected chi connectivity index (χ3v) is 7.04. The lowest BCUT2D eigenvalue weighted by Crippen LogP contribution is -2.43. The van der Waals surface area contributed by atoms with E-state index in [1.807, 2.05) is 42.5 Å². The molecule has 2 heterocycles. The average molecular weight is 555 g/mol. The van der Waals surface area contributed by atoms with Crippen molar-refractivity contribution >= 4 is 34.7 Å². The molecule has 10 nitrogen and oxygen atoms in total. The summed E-state index contributed by atoms with van der Waals surface area (Å²) in [5.74, 6) is 0.216. The van der Waals surface area contributed by atoms with Gasteiger partial charge in [0.05, 0.1) is 59.1 Å². The lowest BCUT2D eigenvalue weighted by molar-refractivity contribution is -0.141. The predicted octanol–water partition coefficient (Wildman–Crippen LogP) is 4.27. The van der Waals surface area contributed by atoms with Gasteiger partial charge in [0, 0.05) is 26.9 Å². The van der Waals surface area contributed by atoms with E-state index < -0.39 is 0 Å². The molecular weight excluding hydrogens is 520 g/mol. The Labute approximate surface area is 240 Å². The first-order valence-corrected chi connectivity index (χ1v) is 13.6. The van der Waals surface area contributed by atoms with Crippen molar-refractivity contribution in [1.29, 1.82) is 10.5 Å². The van der Waals surface area contributed by atoms with Gasteiger partial charge in [-0.25, -0.2) is 0 Å². The highest BCUT2D eigenvalue weighted by molar-refractivity contribution is 5.84. The number of anilines is 4. The molecule has 0 bridgehead atoms. The van der Waals surface area contributed by atoms with Crippen LogP contribution in [0.1, 0.15) is 38.8 Å². The molecule has 2 aliphatic heterocycles. The van der Waals surface area contributed by atoms with Crippen molar-refractivity contribution in [3.63, 3.8) is 0 Å². The summed E-state index contributed by atoms with van der Waals surface area (Å²) in [5, 5.41) is 19.0. The number of hydrogen-bond acceptors (Lipinski definition) is 10. The van der Waals surface area contributed by atoms with E-state index in [9.17, 15) is 20.1 Å². The Balaban J connectivity index is 1.69. The minimum Gasteiger partial charge on any atom is -0.464 e. The molecule has 0 saturated carbocycles. The normalized spacial score (nSPS) is 16.5. The van der Waals surface area contributed by atoms with Crippen molar-refractivity contribution in [1.82, 2.24) is 0 Å². The summed E-state index contributed by atoms with van der Waals surface area (Å²) in [4.78, 5) is 31.5. The molecule has 4 rings (SSSR count). The van der Waals surface area contributed by atoms with Crippen LogP contribution in [-0.4, -0.2) is 57.5 Å². The van der Waals surface area contributed by atoms with Crippen molar-refractivity contribution in [2.24, 2.45) is 0 Å². The first-order chi connectivity index (χ1) is 19.8. The Bertz CT molecular complexity index is 1450. The second kappa shape index (κ2) is 12.9. The van der Waals surface area contributed by atoms with E-state index in [1.165, 1.54) is 13.8 Å². The number of allylic oxidation sites excluding steroid dienone is 2. The third-order valence-electron chi connectivity index (χ3n) is 7.04. The number of benzene rings is 2. The highest BCUT2D eigenvalue weighted by atomic mass is 16.5. The van der Waals surface area contributed by atoms with Gasteiger partial charge in [-0.1, -0.05) is 6.08 Å². The highest BCUT2D eigenvalue weighted by Crippen LogP contribution is 2.43. The third kappa shape index (κ3) is 6.12. The molecule has 0 aliphatic carbocycles. The lowest BCUT2D eigenvalue weighted by atomic mass is 10.2. The maximum absolute atomic E-state index is 11.5. The molecule has 0 saturated heterocycles. The fraction of sp³-hybridized carbons (Fsp3) is 0.355. The standard InChI is InChI=1S/C31H34N6O4/c1-5-34-26-12-10-24(20-32)18-28(26)36(14-16-40-22(3)38)30(34)8-7-9-31-35(6-2)27-13-11-25(21-33)19-29(27)37(31)15-17-41-23(4)39/h7-13,18-19,30H,5-6,14-17H2,1-4H3. The van der Waals surface area contributed by atoms with Crippen LogP contribution in [0.3, 0.4) is 0 Å². The first-order valence-electron chi connectivity index (χ1n) is 13.6. The Kier molecular flexibility index (Phi) is 9.15. The van der Waals surface area contributed by atoms with Crippen LogP contribution in [-0.2, 0) is 19.1 Å². The van der Waals surface area contributed by atoms with Crippen LogP contribution in [0.5, 0.6) is 0 Å². The summed E-state index contributed by atoms with van der Waals surface area (Å²) < 4.78 is 10.5. The predicted molar refractivity (Wildman–Crippen MR) is 157 cm³/mol. The van der Waals surface area contributed by atoms with E-state index >= 15 is 0 Å². The van der Waals surface area contributed by atoms with Crippen molar-refractivity contribution in [3.8, 4) is 12.1 Å². The van der Waals surface area contributed by atoms with Gasteiger partial charge in [-0.3, -0.25) is 9.59 Å². The molecule has 2 aliphatic rings. The fourth-order valence-electron chi connectivity index (χ4n) is 5.32. The molecule has 2 aromatic rings. The van der Waals surface area contributed by atoms with Crippen molar-refractivity contribution < 1.29 is 19.1 Å². The molecule has 10 heteroatoms. The van der Waals surface area contributed by atoms with Crippen molar-refractivity contribution in [3.05, 3.63) is 71.6 Å². The maximum atomic E-state index is 11.5. The zero-order chi connectivity index (χ0) is 29.5. The monoisotopic (exact) mass is 554 g/mol. The molecule has 0 amide bonds. The Morgan fingerprint density at radius 1 is 0.805 bits per heavy atom. The largest absolute Gasteiger partial charge is 0.464 e. The topological polar surface area (TPSA) is 113 Å². The Morgan fingerprint density at radius 2 is 1.41 bits per heavy atom. The number of rotatable bonds is 10.